The molecule has 17 aromatic carbocycles. The summed E-state index contributed by atoms with van der Waals surface area (Å²) < 4.78 is 52.7. The number of aromatic nitrogens is 11. The number of pyridine rings is 3. The molecule has 0 aliphatic carbocycles. The van der Waals surface area contributed by atoms with Crippen molar-refractivity contribution in [2.24, 2.45) is 0 Å². The summed E-state index contributed by atoms with van der Waals surface area (Å²) in [5.74, 6) is 7.97. The second kappa shape index (κ2) is 24.5. The monoisotopic (exact) mass is 1690 g/mol. The summed E-state index contributed by atoms with van der Waals surface area (Å²) in [5.41, 5.74) is 21.1. The van der Waals surface area contributed by atoms with Crippen LogP contribution >= 0.6 is 0 Å². The Labute approximate surface area is 751 Å². The first-order valence-electron chi connectivity index (χ1n) is 45.0. The maximum Gasteiger partial charge on any atom is 0.452 e. The zero-order valence-corrected chi connectivity index (χ0v) is 70.4. The normalized spacial score (nSPS) is 16.7. The van der Waals surface area contributed by atoms with Gasteiger partial charge in [0.15, 0.2) is 45.4 Å². The van der Waals surface area contributed by atoms with Crippen molar-refractivity contribution in [3.63, 3.8) is 0 Å². The molecule has 132 heavy (non-hydrogen) atoms. The first kappa shape index (κ1) is 69.4. The highest BCUT2D eigenvalue weighted by Gasteiger charge is 2.73. The van der Waals surface area contributed by atoms with Crippen LogP contribution in [0.1, 0.15) is 33.4 Å². The van der Waals surface area contributed by atoms with Crippen LogP contribution in [0, 0.1) is 0 Å². The lowest BCUT2D eigenvalue weighted by molar-refractivity contribution is -0.997. The van der Waals surface area contributed by atoms with E-state index in [0.717, 1.165) is 96.9 Å². The summed E-state index contributed by atoms with van der Waals surface area (Å²) >= 11 is 0. The standard InChI is InChI=1S/2C41H24N4O.C35H21N3O2/c1-2-9-26-21-29-22-28(18-17-27(29)20-25(26)8-1)30-23-43-34-13-5-15-36-38(34)41(44(43)24-30)39-35(14-6-16-37(39)46-36)45-33-12-4-3-10-31(33)32-11-7-19-42(41)40(32)45;1-2-9-26-21-29-22-28(16-15-27(29)20-25(26)8-1)30-23-43-34-12-7-13-35-38(34)41(44(43)24-30)39-36(46-35)18-17-32-31-10-3-4-11-33(31)45(40(32)39)37-14-5-6-19-42(37)41;1-2-8-23-18-26-19-25(15-14-24(26)17-22(23)7-1)27-20-37-28-9-5-10-29-33(28)35(38(37)21-27)34-30(39-29)11-6-12-31(34)40-32-13-3-4-16-36(32)35/h2*1-24H;1-21H/q3*+2. The summed E-state index contributed by atoms with van der Waals surface area (Å²) in [4.78, 5) is 0. The van der Waals surface area contributed by atoms with Crippen molar-refractivity contribution >= 4 is 108 Å². The molecule has 0 saturated carbocycles. The molecule has 8 aromatic heterocycles. The molecule has 0 bridgehead atoms. The highest BCUT2D eigenvalue weighted by molar-refractivity contribution is 6.12. The maximum atomic E-state index is 6.79. The van der Waals surface area contributed by atoms with Gasteiger partial charge in [-0.15, -0.1) is 14.0 Å². The zero-order chi connectivity index (χ0) is 85.5. The van der Waals surface area contributed by atoms with E-state index in [9.17, 15) is 0 Å². The average Bonchev–Trinajstić information content (AvgIpc) is 1.48. The molecule has 3 spiro atoms. The lowest BCUT2D eigenvalue weighted by atomic mass is 9.84. The molecule has 15 nitrogen and oxygen atoms in total. The van der Waals surface area contributed by atoms with E-state index in [1.807, 2.05) is 30.3 Å². The van der Waals surface area contributed by atoms with Crippen LogP contribution in [0.2, 0.25) is 0 Å². The maximum absolute atomic E-state index is 6.79. The lowest BCUT2D eigenvalue weighted by Crippen LogP contribution is -2.76. The van der Waals surface area contributed by atoms with Gasteiger partial charge in [0.05, 0.1) is 59.1 Å². The molecular weight excluding hydrogens is 1620 g/mol. The first-order valence-corrected chi connectivity index (χ1v) is 45.0. The highest BCUT2D eigenvalue weighted by atomic mass is 16.5. The molecule has 25 aromatic rings. The van der Waals surface area contributed by atoms with Gasteiger partial charge < -0.3 is 18.9 Å². The van der Waals surface area contributed by atoms with Crippen LogP contribution in [0.25, 0.3) is 170 Å². The Morgan fingerprint density at radius 3 is 1.09 bits per heavy atom. The van der Waals surface area contributed by atoms with Crippen molar-refractivity contribution in [3.8, 4) is 108 Å². The van der Waals surface area contributed by atoms with E-state index in [1.165, 1.54) is 153 Å². The van der Waals surface area contributed by atoms with Crippen molar-refractivity contribution in [2.75, 3.05) is 0 Å². The van der Waals surface area contributed by atoms with Crippen molar-refractivity contribution in [2.45, 2.75) is 17.0 Å². The van der Waals surface area contributed by atoms with Crippen LogP contribution in [0.3, 0.4) is 0 Å². The highest BCUT2D eigenvalue weighted by Crippen LogP contribution is 2.60. The number of nitrogens with zero attached hydrogens (tertiary/aromatic N) is 11. The van der Waals surface area contributed by atoms with Gasteiger partial charge in [0.1, 0.15) is 73.7 Å². The van der Waals surface area contributed by atoms with Crippen LogP contribution in [-0.2, 0) is 17.0 Å². The van der Waals surface area contributed by atoms with Crippen molar-refractivity contribution in [1.29, 1.82) is 0 Å². The van der Waals surface area contributed by atoms with Crippen LogP contribution in [0.4, 0.5) is 0 Å². The fraction of sp³-hybridized carbons (Fsp3) is 0.0256. The minimum atomic E-state index is -0.684. The van der Waals surface area contributed by atoms with Crippen molar-refractivity contribution in [1.82, 2.24) is 23.2 Å². The average molecular weight is 1690 g/mol. The molecule has 9 aliphatic rings. The number of fused-ring (bicyclic) bond motifs is 22. The van der Waals surface area contributed by atoms with Crippen LogP contribution in [-0.4, -0.2) is 23.2 Å². The van der Waals surface area contributed by atoms with E-state index >= 15 is 0 Å². The molecule has 3 atom stereocenters. The van der Waals surface area contributed by atoms with Gasteiger partial charge >= 0.3 is 28.5 Å². The number of rotatable bonds is 3. The van der Waals surface area contributed by atoms with E-state index < -0.39 is 17.0 Å². The van der Waals surface area contributed by atoms with Crippen LogP contribution in [0.5, 0.6) is 46.1 Å². The van der Waals surface area contributed by atoms with E-state index in [4.69, 9.17) is 18.9 Å². The summed E-state index contributed by atoms with van der Waals surface area (Å²) in [7, 11) is 0. The third kappa shape index (κ3) is 8.53. The minimum absolute atomic E-state index is 0.675. The largest absolute Gasteiger partial charge is 0.456 e. The Kier molecular flexibility index (Phi) is 12.9. The summed E-state index contributed by atoms with van der Waals surface area (Å²) in [6, 6.07) is 131. The van der Waals surface area contributed by atoms with Gasteiger partial charge in [0.25, 0.3) is 5.82 Å². The van der Waals surface area contributed by atoms with E-state index in [1.54, 1.807) is 0 Å². The number of ether oxygens (including phenoxy) is 4. The topological polar surface area (TPSA) is 84.9 Å². The molecular formula is C117H69N11O4+6. The molecule has 0 amide bonds. The Morgan fingerprint density at radius 2 is 0.583 bits per heavy atom. The fourth-order valence-corrected chi connectivity index (χ4v) is 24.4. The van der Waals surface area contributed by atoms with Gasteiger partial charge in [-0.05, 0) is 262 Å². The summed E-state index contributed by atoms with van der Waals surface area (Å²) in [6.07, 6.45) is 20.4. The predicted molar refractivity (Wildman–Crippen MR) is 509 cm³/mol. The molecule has 17 heterocycles. The first-order chi connectivity index (χ1) is 65.4. The van der Waals surface area contributed by atoms with E-state index in [0.29, 0.717) is 0 Å². The predicted octanol–water partition coefficient (Wildman–Crippen LogP) is 23.2. The Morgan fingerprint density at radius 1 is 0.220 bits per heavy atom. The molecule has 34 rings (SSSR count). The molecule has 0 N–H and O–H groups in total. The molecule has 0 radical (unpaired) electrons. The second-order valence-corrected chi connectivity index (χ2v) is 36.1. The Bertz CT molecular complexity index is 9490. The van der Waals surface area contributed by atoms with Gasteiger partial charge in [-0.1, -0.05) is 184 Å². The van der Waals surface area contributed by atoms with Crippen molar-refractivity contribution in [3.05, 3.63) is 453 Å². The number of hydrogen-bond acceptors (Lipinski definition) is 4. The van der Waals surface area contributed by atoms with Crippen LogP contribution in [0.15, 0.2) is 420 Å². The number of para-hydroxylation sites is 2. The van der Waals surface area contributed by atoms with Gasteiger partial charge in [-0.25, -0.2) is 0 Å². The van der Waals surface area contributed by atoms with Crippen LogP contribution < -0.4 is 46.7 Å². The fourth-order valence-electron chi connectivity index (χ4n) is 24.4. The smallest absolute Gasteiger partial charge is 0.452 e. The van der Waals surface area contributed by atoms with Gasteiger partial charge in [-0.2, -0.15) is 18.3 Å². The van der Waals surface area contributed by atoms with Crippen molar-refractivity contribution < 1.29 is 46.7 Å². The van der Waals surface area contributed by atoms with Gasteiger partial charge in [0.2, 0.25) is 18.6 Å². The van der Waals surface area contributed by atoms with Gasteiger partial charge in [-0.3, -0.25) is 0 Å². The molecule has 15 heteroatoms. The number of hydrogen-bond donors (Lipinski definition) is 0. The molecule has 9 aliphatic heterocycles. The molecule has 610 valence electrons. The zero-order valence-electron chi connectivity index (χ0n) is 70.4. The third-order valence-electron chi connectivity index (χ3n) is 29.7. The Balaban J connectivity index is 0.0000000918. The summed E-state index contributed by atoms with van der Waals surface area (Å²) in [5, 5.41) is 20.0. The molecule has 0 fully saturated rings. The number of benzene rings is 17. The lowest BCUT2D eigenvalue weighted by Gasteiger charge is -2.32. The SMILES string of the molecule is c1cc2c3c(c1)-n1c4ccccc4c4ccc[n+](c41)C31c3c(cccc3-n3cc(-c4ccc5cc6ccccc6cc5c4)c[n+]31)O2.c1cc2c3c(c1)-n1cc(-c4ccc5cc6ccccc6cc5c4)c[n+]1C31c3c(ccc4c5ccccc5n(c34)-c3cccc[n+]31)O2.c1cc2c3c(c1)Oc1cccc[n+]1C31c3c(cccc3-n3cc(-c4ccc5cc6ccccc6cc5c4)c[n+]31)O2. The summed E-state index contributed by atoms with van der Waals surface area (Å²) in [6.45, 7) is 0. The van der Waals surface area contributed by atoms with E-state index in [-0.39, 0.29) is 0 Å². The minimum Gasteiger partial charge on any atom is -0.456 e. The molecule has 0 saturated heterocycles. The van der Waals surface area contributed by atoms with Gasteiger partial charge in [0, 0.05) is 28.3 Å². The van der Waals surface area contributed by atoms with E-state index in [2.05, 4.69) is 440 Å². The Hall–Kier alpha value is -17.8. The quantitative estimate of drug-likeness (QED) is 0.130. The molecule has 3 unspecified atom stereocenters. The third-order valence-corrected chi connectivity index (χ3v) is 29.7. The second-order valence-electron chi connectivity index (χ2n) is 36.1.